The molecule has 7 heteroatoms. The number of nitrogens with two attached hydrogens (primary N) is 1. The zero-order valence-electron chi connectivity index (χ0n) is 12.6. The minimum Gasteiger partial charge on any atom is -1.00 e. The third-order valence-electron chi connectivity index (χ3n) is 3.21. The number of nitrogens with zero attached hydrogens (tertiary/aromatic N) is 1. The molecule has 2 aromatic rings. The molecule has 0 bridgehead atoms. The van der Waals surface area contributed by atoms with E-state index in [1.54, 1.807) is 24.3 Å². The van der Waals surface area contributed by atoms with Gasteiger partial charge in [0, 0.05) is 6.42 Å². The Morgan fingerprint density at radius 1 is 1.26 bits per heavy atom. The van der Waals surface area contributed by atoms with Crippen molar-refractivity contribution in [3.8, 4) is 0 Å². The molecular weight excluding hydrogens is 318 g/mol. The fourth-order valence-corrected chi connectivity index (χ4v) is 2.02. The molecule has 0 saturated carbocycles. The van der Waals surface area contributed by atoms with Gasteiger partial charge in [-0.15, -0.1) is 0 Å². The SMILES string of the molecule is NCCCCCC(=O)NN=Cc1coc2ccccc2c1=O.[Cl-]. The molecule has 1 heterocycles. The molecule has 0 saturated heterocycles. The van der Waals surface area contributed by atoms with Gasteiger partial charge in [-0.25, -0.2) is 5.43 Å². The monoisotopic (exact) mass is 336 g/mol. The van der Waals surface area contributed by atoms with Crippen LogP contribution in [0.2, 0.25) is 0 Å². The number of halogens is 1. The average molecular weight is 337 g/mol. The van der Waals surface area contributed by atoms with Crippen LogP contribution >= 0.6 is 0 Å². The van der Waals surface area contributed by atoms with Crippen LogP contribution in [-0.2, 0) is 4.79 Å². The van der Waals surface area contributed by atoms with Crippen LogP contribution in [0.4, 0.5) is 0 Å². The van der Waals surface area contributed by atoms with E-state index in [9.17, 15) is 9.59 Å². The number of amides is 1. The maximum absolute atomic E-state index is 12.2. The summed E-state index contributed by atoms with van der Waals surface area (Å²) in [6, 6.07) is 6.97. The van der Waals surface area contributed by atoms with Crippen LogP contribution in [0.3, 0.4) is 0 Å². The molecule has 23 heavy (non-hydrogen) atoms. The summed E-state index contributed by atoms with van der Waals surface area (Å²) in [5.41, 5.74) is 8.42. The smallest absolute Gasteiger partial charge is 0.240 e. The fraction of sp³-hybridized carbons (Fsp3) is 0.312. The van der Waals surface area contributed by atoms with E-state index in [1.165, 1.54) is 12.5 Å². The van der Waals surface area contributed by atoms with Crippen molar-refractivity contribution in [1.29, 1.82) is 0 Å². The van der Waals surface area contributed by atoms with Gasteiger partial charge in [0.25, 0.3) is 0 Å². The largest absolute Gasteiger partial charge is 1.00 e. The van der Waals surface area contributed by atoms with Gasteiger partial charge >= 0.3 is 0 Å². The van der Waals surface area contributed by atoms with E-state index in [0.29, 0.717) is 29.5 Å². The summed E-state index contributed by atoms with van der Waals surface area (Å²) in [6.07, 6.45) is 5.63. The zero-order valence-corrected chi connectivity index (χ0v) is 13.4. The van der Waals surface area contributed by atoms with Gasteiger partial charge in [0.15, 0.2) is 0 Å². The van der Waals surface area contributed by atoms with E-state index in [0.717, 1.165) is 19.3 Å². The molecule has 0 aliphatic rings. The molecule has 2 rings (SSSR count). The normalized spacial score (nSPS) is 10.7. The van der Waals surface area contributed by atoms with Crippen molar-refractivity contribution in [2.45, 2.75) is 25.7 Å². The van der Waals surface area contributed by atoms with E-state index in [-0.39, 0.29) is 23.7 Å². The van der Waals surface area contributed by atoms with Gasteiger partial charge in [0.1, 0.15) is 11.8 Å². The first-order valence-corrected chi connectivity index (χ1v) is 7.25. The molecule has 0 unspecified atom stereocenters. The molecule has 0 spiro atoms. The molecule has 1 aromatic heterocycles. The first-order valence-electron chi connectivity index (χ1n) is 7.25. The molecular formula is C16H19ClN3O3-. The second-order valence-electron chi connectivity index (χ2n) is 4.91. The van der Waals surface area contributed by atoms with Crippen LogP contribution in [0.25, 0.3) is 11.0 Å². The highest BCUT2D eigenvalue weighted by Gasteiger charge is 2.04. The van der Waals surface area contributed by atoms with Gasteiger partial charge in [0.2, 0.25) is 11.3 Å². The number of unbranched alkanes of at least 4 members (excludes halogenated alkanes) is 2. The summed E-state index contributed by atoms with van der Waals surface area (Å²) in [4.78, 5) is 23.7. The fourth-order valence-electron chi connectivity index (χ4n) is 2.02. The molecule has 3 N–H and O–H groups in total. The van der Waals surface area contributed by atoms with Crippen LogP contribution in [0.5, 0.6) is 0 Å². The van der Waals surface area contributed by atoms with Crippen LogP contribution in [0, 0.1) is 0 Å². The third kappa shape index (κ3) is 5.50. The topological polar surface area (TPSA) is 97.7 Å². The van der Waals surface area contributed by atoms with Crippen LogP contribution in [0.15, 0.2) is 44.8 Å². The second kappa shape index (κ2) is 9.76. The van der Waals surface area contributed by atoms with Crippen molar-refractivity contribution >= 4 is 23.1 Å². The molecule has 6 nitrogen and oxygen atoms in total. The van der Waals surface area contributed by atoms with E-state index in [4.69, 9.17) is 10.2 Å². The number of hydrazone groups is 1. The predicted octanol–water partition coefficient (Wildman–Crippen LogP) is -1.23. The van der Waals surface area contributed by atoms with Gasteiger partial charge in [-0.05, 0) is 31.5 Å². The molecule has 0 aliphatic heterocycles. The lowest BCUT2D eigenvalue weighted by molar-refractivity contribution is -0.121. The molecule has 0 aliphatic carbocycles. The summed E-state index contributed by atoms with van der Waals surface area (Å²) < 4.78 is 5.36. The van der Waals surface area contributed by atoms with Crippen molar-refractivity contribution in [3.63, 3.8) is 0 Å². The van der Waals surface area contributed by atoms with Gasteiger partial charge in [-0.2, -0.15) is 5.10 Å². The van der Waals surface area contributed by atoms with Crippen molar-refractivity contribution in [3.05, 3.63) is 46.3 Å². The minimum atomic E-state index is -0.182. The molecule has 1 aromatic carbocycles. The lowest BCUT2D eigenvalue weighted by Gasteiger charge is -2.00. The quantitative estimate of drug-likeness (QED) is 0.376. The van der Waals surface area contributed by atoms with Gasteiger partial charge in [-0.1, -0.05) is 18.6 Å². The Morgan fingerprint density at radius 3 is 2.83 bits per heavy atom. The predicted molar refractivity (Wildman–Crippen MR) is 85.7 cm³/mol. The number of rotatable bonds is 7. The van der Waals surface area contributed by atoms with Crippen LogP contribution in [0.1, 0.15) is 31.2 Å². The first-order chi connectivity index (χ1) is 10.7. The van der Waals surface area contributed by atoms with Gasteiger partial charge in [0.05, 0.1) is 17.2 Å². The number of carbonyl (C=O) groups is 1. The molecule has 124 valence electrons. The number of hydrogen-bond donors (Lipinski definition) is 2. The number of nitrogens with one attached hydrogen (secondary N) is 1. The number of para-hydroxylation sites is 1. The number of fused-ring (bicyclic) bond motifs is 1. The van der Waals surface area contributed by atoms with E-state index in [2.05, 4.69) is 10.5 Å². The highest BCUT2D eigenvalue weighted by atomic mass is 35.5. The lowest BCUT2D eigenvalue weighted by atomic mass is 10.2. The highest BCUT2D eigenvalue weighted by molar-refractivity contribution is 5.87. The lowest BCUT2D eigenvalue weighted by Crippen LogP contribution is -3.00. The molecule has 1 amide bonds. The molecule has 0 atom stereocenters. The van der Waals surface area contributed by atoms with Crippen molar-refractivity contribution in [1.82, 2.24) is 5.43 Å². The molecule has 0 fully saturated rings. The third-order valence-corrected chi connectivity index (χ3v) is 3.21. The maximum Gasteiger partial charge on any atom is 0.240 e. The first kappa shape index (κ1) is 18.9. The van der Waals surface area contributed by atoms with Gasteiger partial charge < -0.3 is 22.6 Å². The summed E-state index contributed by atoms with van der Waals surface area (Å²) in [5, 5.41) is 4.28. The number of hydrogen-bond acceptors (Lipinski definition) is 5. The Labute approximate surface area is 140 Å². The Hall–Kier alpha value is -2.18. The summed E-state index contributed by atoms with van der Waals surface area (Å²) in [5.74, 6) is -0.182. The second-order valence-corrected chi connectivity index (χ2v) is 4.91. The minimum absolute atomic E-state index is 0. The van der Waals surface area contributed by atoms with E-state index in [1.807, 2.05) is 0 Å². The van der Waals surface area contributed by atoms with E-state index >= 15 is 0 Å². The molecule has 0 radical (unpaired) electrons. The number of benzene rings is 1. The Morgan fingerprint density at radius 2 is 2.04 bits per heavy atom. The van der Waals surface area contributed by atoms with Crippen molar-refractivity contribution in [2.75, 3.05) is 6.54 Å². The summed E-state index contributed by atoms with van der Waals surface area (Å²) in [6.45, 7) is 0.636. The summed E-state index contributed by atoms with van der Waals surface area (Å²) >= 11 is 0. The Balaban J connectivity index is 0.00000264. The summed E-state index contributed by atoms with van der Waals surface area (Å²) in [7, 11) is 0. The number of carbonyl (C=O) groups excluding carboxylic acids is 1. The van der Waals surface area contributed by atoms with Crippen LogP contribution in [-0.4, -0.2) is 18.7 Å². The highest BCUT2D eigenvalue weighted by Crippen LogP contribution is 2.09. The Kier molecular flexibility index (Phi) is 8.01. The van der Waals surface area contributed by atoms with Crippen molar-refractivity contribution in [2.24, 2.45) is 10.8 Å². The standard InChI is InChI=1S/C16H19N3O3.ClH/c17-9-5-1-2-8-15(20)19-18-10-12-11-22-14-7-4-3-6-13(14)16(12)21;/h3-4,6-7,10-11H,1-2,5,8-9,17H2,(H,19,20);1H/p-1. The Bertz CT molecular complexity index is 728. The zero-order chi connectivity index (χ0) is 15.8. The van der Waals surface area contributed by atoms with Crippen LogP contribution < -0.4 is 29.0 Å². The van der Waals surface area contributed by atoms with Gasteiger partial charge in [-0.3, -0.25) is 9.59 Å². The maximum atomic E-state index is 12.2. The van der Waals surface area contributed by atoms with Crippen molar-refractivity contribution < 1.29 is 21.6 Å². The van der Waals surface area contributed by atoms with E-state index < -0.39 is 0 Å². The average Bonchev–Trinajstić information content (AvgIpc) is 2.54.